The van der Waals surface area contributed by atoms with E-state index < -0.39 is 5.91 Å². The van der Waals surface area contributed by atoms with Crippen molar-refractivity contribution in [2.24, 2.45) is 5.73 Å². The molecule has 1 aromatic rings. The molecular formula is C12H12N2O. The van der Waals surface area contributed by atoms with Crippen LogP contribution in [-0.4, -0.2) is 5.91 Å². The van der Waals surface area contributed by atoms with E-state index in [0.29, 0.717) is 0 Å². The second-order valence-corrected chi connectivity index (χ2v) is 3.39. The monoisotopic (exact) mass is 200 g/mol. The molecule has 0 spiro atoms. The quantitative estimate of drug-likeness (QED) is 0.583. The Balaban J connectivity index is 3.23. The van der Waals surface area contributed by atoms with Crippen molar-refractivity contribution in [3.8, 4) is 6.07 Å². The molecule has 0 aromatic heterocycles. The smallest absolute Gasteiger partial charge is 0.259 e. The Kier molecular flexibility index (Phi) is 3.25. The molecule has 0 saturated heterocycles. The number of hydrogen-bond acceptors (Lipinski definition) is 2. The maximum absolute atomic E-state index is 10.9. The standard InChI is InChI=1S/C12H12N2O/c1-8-3-4-9(2)10(5-8)6-11(7-13)12(14)15/h3-6H,1-2H3,(H2,14,15)/b11-6+. The van der Waals surface area contributed by atoms with Crippen LogP contribution in [0.25, 0.3) is 6.08 Å². The summed E-state index contributed by atoms with van der Waals surface area (Å²) in [6.07, 6.45) is 1.52. The van der Waals surface area contributed by atoms with E-state index in [1.165, 1.54) is 6.08 Å². The van der Waals surface area contributed by atoms with Gasteiger partial charge in [0, 0.05) is 0 Å². The fraction of sp³-hybridized carbons (Fsp3) is 0.167. The van der Waals surface area contributed by atoms with Gasteiger partial charge < -0.3 is 5.73 Å². The third-order valence-electron chi connectivity index (χ3n) is 2.12. The van der Waals surface area contributed by atoms with Gasteiger partial charge in [-0.05, 0) is 31.1 Å². The average molecular weight is 200 g/mol. The molecule has 0 radical (unpaired) electrons. The summed E-state index contributed by atoms with van der Waals surface area (Å²) in [7, 11) is 0. The summed E-state index contributed by atoms with van der Waals surface area (Å²) < 4.78 is 0. The van der Waals surface area contributed by atoms with Gasteiger partial charge in [0.2, 0.25) is 0 Å². The highest BCUT2D eigenvalue weighted by atomic mass is 16.1. The van der Waals surface area contributed by atoms with E-state index in [2.05, 4.69) is 0 Å². The maximum Gasteiger partial charge on any atom is 0.259 e. The first-order valence-corrected chi connectivity index (χ1v) is 4.53. The van der Waals surface area contributed by atoms with Crippen LogP contribution in [0.3, 0.4) is 0 Å². The summed E-state index contributed by atoms with van der Waals surface area (Å²) in [5, 5.41) is 8.70. The van der Waals surface area contributed by atoms with E-state index in [1.54, 1.807) is 6.07 Å². The lowest BCUT2D eigenvalue weighted by Gasteiger charge is -2.02. The van der Waals surface area contributed by atoms with E-state index in [-0.39, 0.29) is 5.57 Å². The first kappa shape index (κ1) is 11.0. The third-order valence-corrected chi connectivity index (χ3v) is 2.12. The maximum atomic E-state index is 10.9. The number of benzene rings is 1. The summed E-state index contributed by atoms with van der Waals surface area (Å²) in [5.41, 5.74) is 7.97. The number of nitriles is 1. The van der Waals surface area contributed by atoms with E-state index in [0.717, 1.165) is 16.7 Å². The lowest BCUT2D eigenvalue weighted by Crippen LogP contribution is -2.12. The second-order valence-electron chi connectivity index (χ2n) is 3.39. The van der Waals surface area contributed by atoms with Gasteiger partial charge >= 0.3 is 0 Å². The SMILES string of the molecule is Cc1ccc(C)c(/C=C(\C#N)C(N)=O)c1. The van der Waals surface area contributed by atoms with Gasteiger partial charge in [0.15, 0.2) is 0 Å². The van der Waals surface area contributed by atoms with Crippen molar-refractivity contribution < 1.29 is 4.79 Å². The van der Waals surface area contributed by atoms with E-state index in [9.17, 15) is 4.79 Å². The molecule has 0 aliphatic rings. The number of nitrogens with zero attached hydrogens (tertiary/aromatic N) is 1. The Morgan fingerprint density at radius 3 is 2.67 bits per heavy atom. The number of carbonyl (C=O) groups excluding carboxylic acids is 1. The van der Waals surface area contributed by atoms with E-state index >= 15 is 0 Å². The number of nitrogens with two attached hydrogens (primary N) is 1. The molecule has 0 bridgehead atoms. The summed E-state index contributed by atoms with van der Waals surface area (Å²) in [5.74, 6) is -0.696. The van der Waals surface area contributed by atoms with Crippen molar-refractivity contribution in [3.05, 3.63) is 40.5 Å². The first-order chi connectivity index (χ1) is 7.04. The molecule has 1 rings (SSSR count). The van der Waals surface area contributed by atoms with Crippen LogP contribution < -0.4 is 5.73 Å². The van der Waals surface area contributed by atoms with Crippen molar-refractivity contribution in [1.29, 1.82) is 5.26 Å². The van der Waals surface area contributed by atoms with Gasteiger partial charge in [-0.2, -0.15) is 5.26 Å². The topological polar surface area (TPSA) is 66.9 Å². The molecule has 0 aliphatic heterocycles. The van der Waals surface area contributed by atoms with Crippen LogP contribution in [0.1, 0.15) is 16.7 Å². The molecule has 76 valence electrons. The average Bonchev–Trinajstić information content (AvgIpc) is 2.18. The number of primary amides is 1. The van der Waals surface area contributed by atoms with Crippen LogP contribution in [0, 0.1) is 25.2 Å². The van der Waals surface area contributed by atoms with Gasteiger partial charge in [0.1, 0.15) is 11.6 Å². The molecule has 3 heteroatoms. The minimum atomic E-state index is -0.696. The summed E-state index contributed by atoms with van der Waals surface area (Å²) in [4.78, 5) is 10.9. The lowest BCUT2D eigenvalue weighted by atomic mass is 10.0. The minimum Gasteiger partial charge on any atom is -0.365 e. The van der Waals surface area contributed by atoms with Crippen molar-refractivity contribution in [1.82, 2.24) is 0 Å². The highest BCUT2D eigenvalue weighted by Gasteiger charge is 2.04. The van der Waals surface area contributed by atoms with Crippen molar-refractivity contribution in [3.63, 3.8) is 0 Å². The third kappa shape index (κ3) is 2.68. The van der Waals surface area contributed by atoms with E-state index in [4.69, 9.17) is 11.0 Å². The van der Waals surface area contributed by atoms with Crippen LogP contribution in [0.15, 0.2) is 23.8 Å². The number of rotatable bonds is 2. The summed E-state index contributed by atoms with van der Waals surface area (Å²) in [6, 6.07) is 7.61. The molecule has 1 amide bonds. The van der Waals surface area contributed by atoms with Crippen molar-refractivity contribution >= 4 is 12.0 Å². The molecule has 0 saturated carbocycles. The predicted molar refractivity (Wildman–Crippen MR) is 58.7 cm³/mol. The number of aryl methyl sites for hydroxylation is 2. The molecule has 3 nitrogen and oxygen atoms in total. The second kappa shape index (κ2) is 4.43. The van der Waals surface area contributed by atoms with Gasteiger partial charge in [-0.1, -0.05) is 23.8 Å². The minimum absolute atomic E-state index is 0.0244. The summed E-state index contributed by atoms with van der Waals surface area (Å²) >= 11 is 0. The molecule has 0 unspecified atom stereocenters. The van der Waals surface area contributed by atoms with Gasteiger partial charge in [-0.25, -0.2) is 0 Å². The van der Waals surface area contributed by atoms with Crippen LogP contribution in [0.5, 0.6) is 0 Å². The van der Waals surface area contributed by atoms with Crippen LogP contribution in [0.4, 0.5) is 0 Å². The molecule has 0 fully saturated rings. The predicted octanol–water partition coefficient (Wildman–Crippen LogP) is 1.70. The van der Waals surface area contributed by atoms with Gasteiger partial charge in [-0.15, -0.1) is 0 Å². The van der Waals surface area contributed by atoms with E-state index in [1.807, 2.05) is 32.0 Å². The fourth-order valence-electron chi connectivity index (χ4n) is 1.23. The lowest BCUT2D eigenvalue weighted by molar-refractivity contribution is -0.114. The molecule has 0 aliphatic carbocycles. The molecule has 15 heavy (non-hydrogen) atoms. The highest BCUT2D eigenvalue weighted by Crippen LogP contribution is 2.14. The Morgan fingerprint density at radius 2 is 2.13 bits per heavy atom. The molecular weight excluding hydrogens is 188 g/mol. The zero-order valence-electron chi connectivity index (χ0n) is 8.74. The summed E-state index contributed by atoms with van der Waals surface area (Å²) in [6.45, 7) is 3.87. The fourth-order valence-corrected chi connectivity index (χ4v) is 1.23. The highest BCUT2D eigenvalue weighted by molar-refractivity contribution is 6.00. The Labute approximate surface area is 88.8 Å². The first-order valence-electron chi connectivity index (χ1n) is 4.53. The molecule has 0 heterocycles. The van der Waals surface area contributed by atoms with Gasteiger partial charge in [0.05, 0.1) is 0 Å². The van der Waals surface area contributed by atoms with Gasteiger partial charge in [0.25, 0.3) is 5.91 Å². The Morgan fingerprint density at radius 1 is 1.47 bits per heavy atom. The molecule has 1 aromatic carbocycles. The zero-order chi connectivity index (χ0) is 11.4. The van der Waals surface area contributed by atoms with Gasteiger partial charge in [-0.3, -0.25) is 4.79 Å². The van der Waals surface area contributed by atoms with Crippen molar-refractivity contribution in [2.75, 3.05) is 0 Å². The zero-order valence-corrected chi connectivity index (χ0v) is 8.74. The normalized spacial score (nSPS) is 10.9. The largest absolute Gasteiger partial charge is 0.365 e. The number of hydrogen-bond donors (Lipinski definition) is 1. The van der Waals surface area contributed by atoms with Crippen LogP contribution in [0.2, 0.25) is 0 Å². The van der Waals surface area contributed by atoms with Crippen LogP contribution >= 0.6 is 0 Å². The molecule has 2 N–H and O–H groups in total. The number of amides is 1. The Bertz CT molecular complexity index is 467. The number of carbonyl (C=O) groups is 1. The molecule has 0 atom stereocenters. The Hall–Kier alpha value is -2.08. The van der Waals surface area contributed by atoms with Crippen LogP contribution in [-0.2, 0) is 4.79 Å². The van der Waals surface area contributed by atoms with Crippen molar-refractivity contribution in [2.45, 2.75) is 13.8 Å².